The van der Waals surface area contributed by atoms with Gasteiger partial charge in [-0.25, -0.2) is 9.97 Å². The van der Waals surface area contributed by atoms with Crippen molar-refractivity contribution < 1.29 is 9.53 Å². The number of hydrogen-bond acceptors (Lipinski definition) is 4. The standard InChI is InChI=1S/C18H20ClN3O2/c19-15-6-4-13(5-7-15)9-17(23)20-10-14-11-21-18(22-12-14)16-3-1-2-8-24-16/h4-7,11-12,16H,1-3,8-10H2,(H,20,23). The summed E-state index contributed by atoms with van der Waals surface area (Å²) >= 11 is 5.83. The highest BCUT2D eigenvalue weighted by Gasteiger charge is 2.18. The number of carbonyl (C=O) groups excluding carboxylic acids is 1. The molecule has 1 fully saturated rings. The Bertz CT molecular complexity index is 668. The average Bonchev–Trinajstić information content (AvgIpc) is 2.63. The number of carbonyl (C=O) groups is 1. The zero-order chi connectivity index (χ0) is 16.8. The molecule has 24 heavy (non-hydrogen) atoms. The van der Waals surface area contributed by atoms with Crippen LogP contribution in [0.3, 0.4) is 0 Å². The molecule has 1 aromatic heterocycles. The quantitative estimate of drug-likeness (QED) is 0.903. The highest BCUT2D eigenvalue weighted by atomic mass is 35.5. The first-order valence-electron chi connectivity index (χ1n) is 8.14. The molecule has 1 N–H and O–H groups in total. The Labute approximate surface area is 146 Å². The number of aromatic nitrogens is 2. The third-order valence-electron chi connectivity index (χ3n) is 3.96. The predicted octanol–water partition coefficient (Wildman–Crippen LogP) is 3.23. The molecule has 1 aliphatic rings. The van der Waals surface area contributed by atoms with Crippen LogP contribution in [0.2, 0.25) is 5.02 Å². The second-order valence-electron chi connectivity index (χ2n) is 5.88. The lowest BCUT2D eigenvalue weighted by atomic mass is 10.1. The van der Waals surface area contributed by atoms with Gasteiger partial charge in [-0.2, -0.15) is 0 Å². The molecule has 5 nitrogen and oxygen atoms in total. The van der Waals surface area contributed by atoms with Crippen molar-refractivity contribution in [1.29, 1.82) is 0 Å². The van der Waals surface area contributed by atoms with Crippen molar-refractivity contribution in [1.82, 2.24) is 15.3 Å². The molecule has 2 heterocycles. The zero-order valence-corrected chi connectivity index (χ0v) is 14.1. The molecular weight excluding hydrogens is 326 g/mol. The minimum absolute atomic E-state index is 0.00676. The summed E-state index contributed by atoms with van der Waals surface area (Å²) < 4.78 is 5.67. The minimum Gasteiger partial charge on any atom is -0.370 e. The number of nitrogens with zero attached hydrogens (tertiary/aromatic N) is 2. The van der Waals surface area contributed by atoms with Crippen molar-refractivity contribution in [2.45, 2.75) is 38.3 Å². The van der Waals surface area contributed by atoms with Crippen molar-refractivity contribution in [2.75, 3.05) is 6.61 Å². The number of rotatable bonds is 5. The van der Waals surface area contributed by atoms with E-state index in [1.54, 1.807) is 24.5 Å². The van der Waals surface area contributed by atoms with Crippen LogP contribution in [0.1, 0.15) is 42.3 Å². The third-order valence-corrected chi connectivity index (χ3v) is 4.21. The van der Waals surface area contributed by atoms with Crippen molar-refractivity contribution in [3.63, 3.8) is 0 Å². The molecule has 126 valence electrons. The molecule has 0 bridgehead atoms. The van der Waals surface area contributed by atoms with E-state index in [2.05, 4.69) is 15.3 Å². The minimum atomic E-state index is -0.0444. The molecule has 1 aromatic carbocycles. The lowest BCUT2D eigenvalue weighted by Gasteiger charge is -2.21. The Morgan fingerprint density at radius 3 is 2.58 bits per heavy atom. The third kappa shape index (κ3) is 4.76. The molecule has 1 unspecified atom stereocenters. The summed E-state index contributed by atoms with van der Waals surface area (Å²) in [5, 5.41) is 3.54. The SMILES string of the molecule is O=C(Cc1ccc(Cl)cc1)NCc1cnc(C2CCCCO2)nc1. The Hall–Kier alpha value is -1.98. The van der Waals surface area contributed by atoms with E-state index >= 15 is 0 Å². The van der Waals surface area contributed by atoms with E-state index in [1.165, 1.54) is 0 Å². The molecule has 6 heteroatoms. The predicted molar refractivity (Wildman–Crippen MR) is 91.6 cm³/mol. The molecule has 3 rings (SSSR count). The maximum absolute atomic E-state index is 12.0. The molecule has 0 saturated carbocycles. The molecule has 0 spiro atoms. The molecular formula is C18H20ClN3O2. The van der Waals surface area contributed by atoms with Crippen molar-refractivity contribution in [3.05, 3.63) is 58.6 Å². The van der Waals surface area contributed by atoms with E-state index in [4.69, 9.17) is 16.3 Å². The van der Waals surface area contributed by atoms with Gasteiger partial charge in [-0.1, -0.05) is 23.7 Å². The van der Waals surface area contributed by atoms with Crippen LogP contribution in [0.15, 0.2) is 36.7 Å². The second-order valence-corrected chi connectivity index (χ2v) is 6.32. The first kappa shape index (κ1) is 16.9. The van der Waals surface area contributed by atoms with Crippen LogP contribution < -0.4 is 5.32 Å². The fourth-order valence-corrected chi connectivity index (χ4v) is 2.74. The number of halogens is 1. The van der Waals surface area contributed by atoms with Gasteiger partial charge in [-0.05, 0) is 37.0 Å². The normalized spacial score (nSPS) is 17.5. The number of benzene rings is 1. The van der Waals surface area contributed by atoms with Gasteiger partial charge in [0.2, 0.25) is 5.91 Å². The van der Waals surface area contributed by atoms with E-state index < -0.39 is 0 Å². The molecule has 0 radical (unpaired) electrons. The Balaban J connectivity index is 1.49. The average molecular weight is 346 g/mol. The lowest BCUT2D eigenvalue weighted by molar-refractivity contribution is -0.120. The van der Waals surface area contributed by atoms with Crippen molar-refractivity contribution in [3.8, 4) is 0 Å². The summed E-state index contributed by atoms with van der Waals surface area (Å²) in [4.78, 5) is 20.7. The zero-order valence-electron chi connectivity index (χ0n) is 13.4. The van der Waals surface area contributed by atoms with Gasteiger partial charge in [-0.3, -0.25) is 4.79 Å². The van der Waals surface area contributed by atoms with E-state index in [1.807, 2.05) is 12.1 Å². The van der Waals surface area contributed by atoms with Crippen LogP contribution in [0.25, 0.3) is 0 Å². The molecule has 1 amide bonds. The highest BCUT2D eigenvalue weighted by Crippen LogP contribution is 2.24. The fourth-order valence-electron chi connectivity index (χ4n) is 2.62. The summed E-state index contributed by atoms with van der Waals surface area (Å²) in [5.41, 5.74) is 1.80. The summed E-state index contributed by atoms with van der Waals surface area (Å²) in [6.45, 7) is 1.19. The summed E-state index contributed by atoms with van der Waals surface area (Å²) in [6.07, 6.45) is 7.06. The Kier molecular flexibility index (Phi) is 5.77. The van der Waals surface area contributed by atoms with Gasteiger partial charge in [0.15, 0.2) is 5.82 Å². The van der Waals surface area contributed by atoms with Crippen LogP contribution in [0, 0.1) is 0 Å². The summed E-state index contributed by atoms with van der Waals surface area (Å²) in [6, 6.07) is 7.27. The molecule has 0 aliphatic carbocycles. The van der Waals surface area contributed by atoms with Gasteiger partial charge in [0, 0.05) is 36.1 Å². The van der Waals surface area contributed by atoms with Gasteiger partial charge < -0.3 is 10.1 Å². The van der Waals surface area contributed by atoms with Crippen LogP contribution in [0.5, 0.6) is 0 Å². The topological polar surface area (TPSA) is 64.1 Å². The smallest absolute Gasteiger partial charge is 0.224 e. The molecule has 2 aromatic rings. The second kappa shape index (κ2) is 8.22. The van der Waals surface area contributed by atoms with Crippen molar-refractivity contribution in [2.24, 2.45) is 0 Å². The molecule has 1 saturated heterocycles. The molecule has 1 aliphatic heterocycles. The van der Waals surface area contributed by atoms with Crippen LogP contribution in [-0.4, -0.2) is 22.5 Å². The van der Waals surface area contributed by atoms with Gasteiger partial charge in [0.25, 0.3) is 0 Å². The lowest BCUT2D eigenvalue weighted by Crippen LogP contribution is -2.24. The molecule has 1 atom stereocenters. The van der Waals surface area contributed by atoms with Gasteiger partial charge in [0.1, 0.15) is 6.10 Å². The number of ether oxygens (including phenoxy) is 1. The van der Waals surface area contributed by atoms with Crippen molar-refractivity contribution >= 4 is 17.5 Å². The van der Waals surface area contributed by atoms with Crippen LogP contribution in [-0.2, 0) is 22.5 Å². The Morgan fingerprint density at radius 1 is 1.17 bits per heavy atom. The van der Waals surface area contributed by atoms with E-state index in [0.717, 1.165) is 42.8 Å². The van der Waals surface area contributed by atoms with Gasteiger partial charge in [-0.15, -0.1) is 0 Å². The first-order chi connectivity index (χ1) is 11.7. The number of nitrogens with one attached hydrogen (secondary N) is 1. The summed E-state index contributed by atoms with van der Waals surface area (Å²) in [5.74, 6) is 0.683. The number of amides is 1. The largest absolute Gasteiger partial charge is 0.370 e. The maximum atomic E-state index is 12.0. The van der Waals surface area contributed by atoms with Gasteiger partial charge >= 0.3 is 0 Å². The highest BCUT2D eigenvalue weighted by molar-refractivity contribution is 6.30. The van der Waals surface area contributed by atoms with E-state index in [9.17, 15) is 4.79 Å². The maximum Gasteiger partial charge on any atom is 0.224 e. The van der Waals surface area contributed by atoms with E-state index in [0.29, 0.717) is 18.0 Å². The van der Waals surface area contributed by atoms with Crippen LogP contribution >= 0.6 is 11.6 Å². The Morgan fingerprint density at radius 2 is 1.92 bits per heavy atom. The first-order valence-corrected chi connectivity index (χ1v) is 8.52. The van der Waals surface area contributed by atoms with Gasteiger partial charge in [0.05, 0.1) is 6.42 Å². The van der Waals surface area contributed by atoms with Crippen LogP contribution in [0.4, 0.5) is 0 Å². The number of hydrogen-bond donors (Lipinski definition) is 1. The monoisotopic (exact) mass is 345 g/mol. The van der Waals surface area contributed by atoms with E-state index in [-0.39, 0.29) is 12.0 Å². The fraction of sp³-hybridized carbons (Fsp3) is 0.389. The summed E-state index contributed by atoms with van der Waals surface area (Å²) in [7, 11) is 0.